The van der Waals surface area contributed by atoms with Crippen molar-refractivity contribution in [2.75, 3.05) is 6.61 Å². The molecule has 0 radical (unpaired) electrons. The monoisotopic (exact) mass is 239 g/mol. The van der Waals surface area contributed by atoms with Crippen molar-refractivity contribution in [3.05, 3.63) is 0 Å². The number of hydrogen-bond acceptors (Lipinski definition) is 4. The minimum absolute atomic E-state index is 0.0508. The molecule has 1 fully saturated rings. The van der Waals surface area contributed by atoms with Gasteiger partial charge in [-0.1, -0.05) is 0 Å². The van der Waals surface area contributed by atoms with Gasteiger partial charge in [-0.2, -0.15) is 5.26 Å². The third-order valence-corrected chi connectivity index (χ3v) is 2.66. The van der Waals surface area contributed by atoms with Crippen LogP contribution < -0.4 is 0 Å². The SMILES string of the molecule is CC(C)(C)OC(=O)C[C@@H]1CC[C@@H](CC#N)OC1. The van der Waals surface area contributed by atoms with E-state index in [1.807, 2.05) is 20.8 Å². The lowest BCUT2D eigenvalue weighted by atomic mass is 9.94. The Hall–Kier alpha value is -1.08. The van der Waals surface area contributed by atoms with Gasteiger partial charge in [0.2, 0.25) is 0 Å². The predicted octanol–water partition coefficient (Wildman–Crippen LogP) is 2.43. The number of nitriles is 1. The maximum Gasteiger partial charge on any atom is 0.306 e. The van der Waals surface area contributed by atoms with Gasteiger partial charge in [-0.25, -0.2) is 0 Å². The van der Waals surface area contributed by atoms with E-state index in [1.165, 1.54) is 0 Å². The Morgan fingerprint density at radius 3 is 2.65 bits per heavy atom. The molecular formula is C13H21NO3. The molecule has 1 heterocycles. The van der Waals surface area contributed by atoms with E-state index >= 15 is 0 Å². The molecule has 96 valence electrons. The summed E-state index contributed by atoms with van der Waals surface area (Å²) < 4.78 is 10.8. The Labute approximate surface area is 103 Å². The third kappa shape index (κ3) is 5.69. The summed E-state index contributed by atoms with van der Waals surface area (Å²) in [6.07, 6.45) is 2.71. The molecule has 0 saturated carbocycles. The fraction of sp³-hybridized carbons (Fsp3) is 0.846. The molecule has 0 aromatic heterocycles. The van der Waals surface area contributed by atoms with E-state index in [0.29, 0.717) is 19.4 Å². The van der Waals surface area contributed by atoms with E-state index in [4.69, 9.17) is 14.7 Å². The van der Waals surface area contributed by atoms with Crippen molar-refractivity contribution in [3.63, 3.8) is 0 Å². The van der Waals surface area contributed by atoms with Crippen molar-refractivity contribution in [2.45, 2.75) is 58.2 Å². The Bertz CT molecular complexity index is 293. The number of ether oxygens (including phenoxy) is 2. The van der Waals surface area contributed by atoms with Crippen LogP contribution >= 0.6 is 0 Å². The van der Waals surface area contributed by atoms with E-state index in [0.717, 1.165) is 12.8 Å². The predicted molar refractivity (Wildman–Crippen MR) is 63.2 cm³/mol. The molecular weight excluding hydrogens is 218 g/mol. The Kier molecular flexibility index (Phi) is 4.95. The highest BCUT2D eigenvalue weighted by Gasteiger charge is 2.25. The molecule has 0 unspecified atom stereocenters. The van der Waals surface area contributed by atoms with Crippen LogP contribution in [-0.4, -0.2) is 24.3 Å². The summed E-state index contributed by atoms with van der Waals surface area (Å²) in [5.41, 5.74) is -0.421. The van der Waals surface area contributed by atoms with Gasteiger partial charge in [0.25, 0.3) is 0 Å². The summed E-state index contributed by atoms with van der Waals surface area (Å²) in [5.74, 6) is 0.0737. The molecule has 0 bridgehead atoms. The third-order valence-electron chi connectivity index (χ3n) is 2.66. The molecule has 1 saturated heterocycles. The van der Waals surface area contributed by atoms with Gasteiger partial charge in [0.05, 0.1) is 31.6 Å². The normalized spacial score (nSPS) is 25.1. The quantitative estimate of drug-likeness (QED) is 0.710. The largest absolute Gasteiger partial charge is 0.460 e. The highest BCUT2D eigenvalue weighted by molar-refractivity contribution is 5.70. The van der Waals surface area contributed by atoms with Crippen molar-refractivity contribution in [2.24, 2.45) is 5.92 Å². The minimum atomic E-state index is -0.421. The van der Waals surface area contributed by atoms with E-state index < -0.39 is 5.60 Å². The van der Waals surface area contributed by atoms with E-state index in [2.05, 4.69) is 6.07 Å². The molecule has 1 rings (SSSR count). The van der Waals surface area contributed by atoms with Crippen molar-refractivity contribution >= 4 is 5.97 Å². The molecule has 2 atom stereocenters. The average molecular weight is 239 g/mol. The maximum absolute atomic E-state index is 11.6. The molecule has 4 nitrogen and oxygen atoms in total. The molecule has 0 aliphatic carbocycles. The summed E-state index contributed by atoms with van der Waals surface area (Å²) in [5, 5.41) is 8.55. The topological polar surface area (TPSA) is 59.3 Å². The summed E-state index contributed by atoms with van der Waals surface area (Å²) in [6.45, 7) is 6.16. The van der Waals surface area contributed by atoms with Crippen LogP contribution in [0.1, 0.15) is 46.5 Å². The van der Waals surface area contributed by atoms with Gasteiger partial charge in [-0.3, -0.25) is 4.79 Å². The van der Waals surface area contributed by atoms with Crippen LogP contribution in [0.3, 0.4) is 0 Å². The summed E-state index contributed by atoms with van der Waals surface area (Å²) >= 11 is 0. The Morgan fingerprint density at radius 1 is 1.47 bits per heavy atom. The molecule has 4 heteroatoms. The van der Waals surface area contributed by atoms with Crippen LogP contribution in [-0.2, 0) is 14.3 Å². The molecule has 0 amide bonds. The molecule has 1 aliphatic rings. The smallest absolute Gasteiger partial charge is 0.306 e. The van der Waals surface area contributed by atoms with Crippen molar-refractivity contribution in [1.82, 2.24) is 0 Å². The summed E-state index contributed by atoms with van der Waals surface area (Å²) in [4.78, 5) is 11.6. The zero-order valence-corrected chi connectivity index (χ0v) is 10.9. The molecule has 0 aromatic rings. The molecule has 1 aliphatic heterocycles. The summed E-state index contributed by atoms with van der Waals surface area (Å²) in [6, 6.07) is 2.11. The van der Waals surface area contributed by atoms with Crippen LogP contribution in [0.2, 0.25) is 0 Å². The number of nitrogens with zero attached hydrogens (tertiary/aromatic N) is 1. The highest BCUT2D eigenvalue weighted by atomic mass is 16.6. The Morgan fingerprint density at radius 2 is 2.18 bits per heavy atom. The van der Waals surface area contributed by atoms with Gasteiger partial charge < -0.3 is 9.47 Å². The maximum atomic E-state index is 11.6. The van der Waals surface area contributed by atoms with Crippen LogP contribution in [0.25, 0.3) is 0 Å². The first kappa shape index (κ1) is 14.0. The minimum Gasteiger partial charge on any atom is -0.460 e. The number of hydrogen-bond donors (Lipinski definition) is 0. The van der Waals surface area contributed by atoms with Crippen LogP contribution in [0.4, 0.5) is 0 Å². The Balaban J connectivity index is 2.27. The zero-order chi connectivity index (χ0) is 12.9. The lowest BCUT2D eigenvalue weighted by Crippen LogP contribution is -2.30. The van der Waals surface area contributed by atoms with Gasteiger partial charge in [-0.15, -0.1) is 0 Å². The first-order valence-corrected chi connectivity index (χ1v) is 6.11. The van der Waals surface area contributed by atoms with E-state index in [-0.39, 0.29) is 18.0 Å². The number of carbonyl (C=O) groups excluding carboxylic acids is 1. The van der Waals surface area contributed by atoms with Crippen molar-refractivity contribution in [1.29, 1.82) is 5.26 Å². The molecule has 17 heavy (non-hydrogen) atoms. The van der Waals surface area contributed by atoms with E-state index in [9.17, 15) is 4.79 Å². The second kappa shape index (κ2) is 6.02. The fourth-order valence-corrected chi connectivity index (χ4v) is 1.90. The van der Waals surface area contributed by atoms with Gasteiger partial charge in [0.15, 0.2) is 0 Å². The van der Waals surface area contributed by atoms with Crippen LogP contribution in [0.5, 0.6) is 0 Å². The molecule has 0 N–H and O–H groups in total. The zero-order valence-electron chi connectivity index (χ0n) is 10.9. The lowest BCUT2D eigenvalue weighted by molar-refractivity contribution is -0.157. The number of esters is 1. The summed E-state index contributed by atoms with van der Waals surface area (Å²) in [7, 11) is 0. The van der Waals surface area contributed by atoms with E-state index in [1.54, 1.807) is 0 Å². The van der Waals surface area contributed by atoms with Crippen molar-refractivity contribution < 1.29 is 14.3 Å². The highest BCUT2D eigenvalue weighted by Crippen LogP contribution is 2.24. The first-order chi connectivity index (χ1) is 7.90. The van der Waals surface area contributed by atoms with Crippen LogP contribution in [0.15, 0.2) is 0 Å². The number of rotatable bonds is 3. The molecule has 0 spiro atoms. The fourth-order valence-electron chi connectivity index (χ4n) is 1.90. The second-order valence-electron chi connectivity index (χ2n) is 5.55. The molecule has 0 aromatic carbocycles. The number of carbonyl (C=O) groups is 1. The van der Waals surface area contributed by atoms with Gasteiger partial charge in [0, 0.05) is 0 Å². The average Bonchev–Trinajstić information content (AvgIpc) is 2.18. The van der Waals surface area contributed by atoms with Gasteiger partial charge in [-0.05, 0) is 39.5 Å². The van der Waals surface area contributed by atoms with Gasteiger partial charge >= 0.3 is 5.97 Å². The lowest BCUT2D eigenvalue weighted by Gasteiger charge is -2.28. The van der Waals surface area contributed by atoms with Gasteiger partial charge in [0.1, 0.15) is 5.60 Å². The second-order valence-corrected chi connectivity index (χ2v) is 5.55. The standard InChI is InChI=1S/C13H21NO3/c1-13(2,3)17-12(15)8-10-4-5-11(6-7-14)16-9-10/h10-11H,4-6,8-9H2,1-3H3/t10-,11-/m0/s1. The van der Waals surface area contributed by atoms with Crippen LogP contribution in [0, 0.1) is 17.2 Å². The first-order valence-electron chi connectivity index (χ1n) is 6.11. The van der Waals surface area contributed by atoms with Crippen molar-refractivity contribution in [3.8, 4) is 6.07 Å².